The Morgan fingerprint density at radius 1 is 1.23 bits per heavy atom. The molecule has 3 aromatic rings. The van der Waals surface area contributed by atoms with E-state index in [4.69, 9.17) is 9.72 Å². The van der Waals surface area contributed by atoms with Gasteiger partial charge in [-0.15, -0.1) is 0 Å². The van der Waals surface area contributed by atoms with Gasteiger partial charge in [0.05, 0.1) is 22.8 Å². The highest BCUT2D eigenvalue weighted by Crippen LogP contribution is 2.31. The number of hydrogen-bond donors (Lipinski definition) is 4. The highest BCUT2D eigenvalue weighted by molar-refractivity contribution is 5.98. The molecule has 1 aromatic carbocycles. The smallest absolute Gasteiger partial charge is 0.255 e. The molecule has 2 aromatic heterocycles. The van der Waals surface area contributed by atoms with Crippen molar-refractivity contribution in [2.45, 2.75) is 59.2 Å². The molecule has 10 heteroatoms. The summed E-state index contributed by atoms with van der Waals surface area (Å²) < 4.78 is 7.39. The van der Waals surface area contributed by atoms with Crippen molar-refractivity contribution in [2.75, 3.05) is 23.8 Å². The van der Waals surface area contributed by atoms with E-state index in [-0.39, 0.29) is 29.8 Å². The summed E-state index contributed by atoms with van der Waals surface area (Å²) in [4.78, 5) is 29.1. The van der Waals surface area contributed by atoms with Gasteiger partial charge in [0.2, 0.25) is 5.91 Å². The molecule has 1 saturated heterocycles. The lowest BCUT2D eigenvalue weighted by Crippen LogP contribution is -2.30. The second-order valence-electron chi connectivity index (χ2n) is 8.59. The molecule has 0 saturated carbocycles. The van der Waals surface area contributed by atoms with Crippen molar-refractivity contribution in [1.82, 2.24) is 20.1 Å². The number of hydrogen-bond acceptors (Lipinski definition) is 7. The number of aromatic nitrogens is 3. The molecule has 10 nitrogen and oxygen atoms in total. The summed E-state index contributed by atoms with van der Waals surface area (Å²) in [6.07, 6.45) is 4.31. The maximum absolute atomic E-state index is 13.0. The summed E-state index contributed by atoms with van der Waals surface area (Å²) in [5, 5.41) is 25.0. The number of phenolic OH excluding ortho intramolecular Hbond substituents is 1. The van der Waals surface area contributed by atoms with Gasteiger partial charge in [-0.1, -0.05) is 6.92 Å². The Balaban J connectivity index is 1.64. The molecule has 0 bridgehead atoms. The van der Waals surface area contributed by atoms with E-state index in [1.807, 2.05) is 24.7 Å². The Morgan fingerprint density at radius 3 is 2.66 bits per heavy atom. The lowest BCUT2D eigenvalue weighted by molar-refractivity contribution is -0.114. The molecule has 0 radical (unpaired) electrons. The summed E-state index contributed by atoms with van der Waals surface area (Å²) in [7, 11) is 0. The van der Waals surface area contributed by atoms with Gasteiger partial charge in [-0.2, -0.15) is 5.10 Å². The Labute approximate surface area is 204 Å². The maximum atomic E-state index is 13.0. The first-order chi connectivity index (χ1) is 16.9. The molecule has 35 heavy (non-hydrogen) atoms. The first-order valence-corrected chi connectivity index (χ1v) is 12.0. The average molecular weight is 481 g/mol. The fourth-order valence-corrected chi connectivity index (χ4v) is 4.37. The maximum Gasteiger partial charge on any atom is 0.255 e. The van der Waals surface area contributed by atoms with Gasteiger partial charge in [-0.3, -0.25) is 9.59 Å². The highest BCUT2D eigenvalue weighted by Gasteiger charge is 2.22. The van der Waals surface area contributed by atoms with Gasteiger partial charge in [0.15, 0.2) is 5.65 Å². The van der Waals surface area contributed by atoms with Crippen molar-refractivity contribution < 1.29 is 19.4 Å². The molecule has 0 unspecified atom stereocenters. The molecule has 0 aliphatic carbocycles. The number of fused-ring (bicyclic) bond motifs is 1. The quantitative estimate of drug-likeness (QED) is 0.389. The van der Waals surface area contributed by atoms with E-state index in [0.717, 1.165) is 40.8 Å². The zero-order chi connectivity index (χ0) is 24.9. The zero-order valence-electron chi connectivity index (χ0n) is 20.4. The molecule has 0 spiro atoms. The molecule has 1 fully saturated rings. The van der Waals surface area contributed by atoms with Crippen LogP contribution in [0.3, 0.4) is 0 Å². The molecule has 4 rings (SSSR count). The van der Waals surface area contributed by atoms with E-state index in [1.54, 1.807) is 6.07 Å². The molecule has 4 N–H and O–H groups in total. The van der Waals surface area contributed by atoms with Gasteiger partial charge >= 0.3 is 0 Å². The van der Waals surface area contributed by atoms with Crippen LogP contribution in [-0.4, -0.2) is 50.9 Å². The van der Waals surface area contributed by atoms with Gasteiger partial charge in [0.25, 0.3) is 5.91 Å². The minimum Gasteiger partial charge on any atom is -0.507 e. The van der Waals surface area contributed by atoms with Crippen LogP contribution >= 0.6 is 0 Å². The molecule has 2 amide bonds. The molecule has 186 valence electrons. The lowest BCUT2D eigenvalue weighted by atomic mass is 10.0. The SMILES string of the molecule is CCc1nc2c(cnn2CC)c(NC2CCOCC2)c1CNC(=O)c1ccc(NC(C)=O)cc1O. The molecular formula is C25H32N6O4. The van der Waals surface area contributed by atoms with Crippen LogP contribution in [0.4, 0.5) is 11.4 Å². The van der Waals surface area contributed by atoms with Gasteiger partial charge in [0, 0.05) is 62.3 Å². The predicted molar refractivity (Wildman–Crippen MR) is 134 cm³/mol. The number of benzene rings is 1. The van der Waals surface area contributed by atoms with Crippen LogP contribution in [0, 0.1) is 0 Å². The van der Waals surface area contributed by atoms with Gasteiger partial charge in [-0.25, -0.2) is 9.67 Å². The summed E-state index contributed by atoms with van der Waals surface area (Å²) in [6, 6.07) is 4.69. The normalized spacial score (nSPS) is 14.1. The molecule has 0 atom stereocenters. The van der Waals surface area contributed by atoms with Gasteiger partial charge in [0.1, 0.15) is 5.75 Å². The van der Waals surface area contributed by atoms with Crippen molar-refractivity contribution in [3.8, 4) is 5.75 Å². The van der Waals surface area contributed by atoms with E-state index in [0.29, 0.717) is 31.9 Å². The number of ether oxygens (including phenoxy) is 1. The third kappa shape index (κ3) is 5.37. The van der Waals surface area contributed by atoms with Crippen molar-refractivity contribution >= 4 is 34.2 Å². The van der Waals surface area contributed by atoms with Crippen LogP contribution in [0.1, 0.15) is 55.2 Å². The average Bonchev–Trinajstić information content (AvgIpc) is 3.26. The van der Waals surface area contributed by atoms with E-state index < -0.39 is 5.91 Å². The standard InChI is InChI=1S/C25H32N6O4/c1-4-21-19(13-26-25(34)18-7-6-17(12-22(18)33)28-15(3)32)23(29-16-8-10-35-11-9-16)20-14-27-31(5-2)24(20)30-21/h6-7,12,14,16,33H,4-5,8-11,13H2,1-3H3,(H,26,34)(H,28,32)(H,29,30). The lowest BCUT2D eigenvalue weighted by Gasteiger charge is -2.26. The number of aryl methyl sites for hydroxylation is 2. The predicted octanol–water partition coefficient (Wildman–Crippen LogP) is 3.20. The topological polar surface area (TPSA) is 130 Å². The Kier molecular flexibility index (Phi) is 7.50. The van der Waals surface area contributed by atoms with E-state index in [9.17, 15) is 14.7 Å². The second-order valence-corrected chi connectivity index (χ2v) is 8.59. The third-order valence-electron chi connectivity index (χ3n) is 6.16. The van der Waals surface area contributed by atoms with Gasteiger partial charge in [-0.05, 0) is 38.3 Å². The summed E-state index contributed by atoms with van der Waals surface area (Å²) in [6.45, 7) is 7.81. The summed E-state index contributed by atoms with van der Waals surface area (Å²) in [5.74, 6) is -0.879. The molecule has 1 aliphatic rings. The minimum absolute atomic E-state index is 0.129. The van der Waals surface area contributed by atoms with Crippen molar-refractivity contribution in [1.29, 1.82) is 0 Å². The van der Waals surface area contributed by atoms with Crippen molar-refractivity contribution in [3.05, 3.63) is 41.2 Å². The van der Waals surface area contributed by atoms with Crippen molar-refractivity contribution in [3.63, 3.8) is 0 Å². The van der Waals surface area contributed by atoms with E-state index in [2.05, 4.69) is 21.0 Å². The molecule has 1 aliphatic heterocycles. The van der Waals surface area contributed by atoms with Crippen molar-refractivity contribution in [2.24, 2.45) is 0 Å². The Morgan fingerprint density at radius 2 is 2.00 bits per heavy atom. The van der Waals surface area contributed by atoms with Gasteiger partial charge < -0.3 is 25.8 Å². The third-order valence-corrected chi connectivity index (χ3v) is 6.16. The van der Waals surface area contributed by atoms with Crippen LogP contribution in [0.25, 0.3) is 11.0 Å². The monoisotopic (exact) mass is 480 g/mol. The van der Waals surface area contributed by atoms with E-state index >= 15 is 0 Å². The fourth-order valence-electron chi connectivity index (χ4n) is 4.37. The number of rotatable bonds is 8. The van der Waals surface area contributed by atoms with Crippen LogP contribution in [0.2, 0.25) is 0 Å². The number of amides is 2. The largest absolute Gasteiger partial charge is 0.507 e. The van der Waals surface area contributed by atoms with Crippen LogP contribution in [0.15, 0.2) is 24.4 Å². The number of nitrogens with one attached hydrogen (secondary N) is 3. The number of pyridine rings is 1. The number of aromatic hydroxyl groups is 1. The molecule has 3 heterocycles. The van der Waals surface area contributed by atoms with Crippen LogP contribution in [-0.2, 0) is 29.0 Å². The highest BCUT2D eigenvalue weighted by atomic mass is 16.5. The Hall–Kier alpha value is -3.66. The first-order valence-electron chi connectivity index (χ1n) is 12.0. The fraction of sp³-hybridized carbons (Fsp3) is 0.440. The van der Waals surface area contributed by atoms with Crippen LogP contribution < -0.4 is 16.0 Å². The number of nitrogens with zero attached hydrogens (tertiary/aromatic N) is 3. The minimum atomic E-state index is -0.416. The Bertz CT molecular complexity index is 1230. The number of carbonyl (C=O) groups excluding carboxylic acids is 2. The van der Waals surface area contributed by atoms with Crippen LogP contribution in [0.5, 0.6) is 5.75 Å². The summed E-state index contributed by atoms with van der Waals surface area (Å²) >= 11 is 0. The van der Waals surface area contributed by atoms with E-state index in [1.165, 1.54) is 19.1 Å². The number of carbonyl (C=O) groups is 2. The number of phenols is 1. The zero-order valence-corrected chi connectivity index (χ0v) is 20.4. The first kappa shape index (κ1) is 24.5. The molecular weight excluding hydrogens is 448 g/mol. The summed E-state index contributed by atoms with van der Waals surface area (Å²) in [5.41, 5.74) is 4.09. The second kappa shape index (κ2) is 10.7. The number of anilines is 2.